The van der Waals surface area contributed by atoms with Crippen LogP contribution in [-0.4, -0.2) is 22.6 Å². The van der Waals surface area contributed by atoms with Gasteiger partial charge in [-0.1, -0.05) is 48.0 Å². The van der Waals surface area contributed by atoms with E-state index in [9.17, 15) is 4.79 Å². The van der Waals surface area contributed by atoms with Crippen molar-refractivity contribution in [2.45, 2.75) is 18.8 Å². The van der Waals surface area contributed by atoms with E-state index in [0.717, 1.165) is 11.3 Å². The molecule has 1 saturated heterocycles. The van der Waals surface area contributed by atoms with E-state index < -0.39 is 0 Å². The van der Waals surface area contributed by atoms with Crippen LogP contribution in [0.3, 0.4) is 0 Å². The molecule has 0 spiro atoms. The number of carbonyl (C=O) groups is 1. The highest BCUT2D eigenvalue weighted by atomic mass is 35.5. The summed E-state index contributed by atoms with van der Waals surface area (Å²) in [7, 11) is 0. The maximum atomic E-state index is 12.3. The smallest absolute Gasteiger partial charge is 0.227 e. The Morgan fingerprint density at radius 2 is 1.84 bits per heavy atom. The van der Waals surface area contributed by atoms with Crippen LogP contribution in [0.15, 0.2) is 59.0 Å². The molecule has 0 N–H and O–H groups in total. The lowest BCUT2D eigenvalue weighted by atomic mass is 10.1. The summed E-state index contributed by atoms with van der Waals surface area (Å²) in [4.78, 5) is 14.1. The standard InChI is InChI=1S/C19H16ClN3O2/c20-16-9-5-4-6-13(16)10-17-21-22-19(25-17)14-11-18(24)23(12-14)15-7-2-1-3-8-15/h1-9,14H,10-12H2. The van der Waals surface area contributed by atoms with Crippen LogP contribution < -0.4 is 4.90 Å². The van der Waals surface area contributed by atoms with Crippen LogP contribution >= 0.6 is 11.6 Å². The normalized spacial score (nSPS) is 17.2. The molecule has 1 aliphatic heterocycles. The molecule has 0 aliphatic carbocycles. The SMILES string of the molecule is O=C1CC(c2nnc(Cc3ccccc3Cl)o2)CN1c1ccccc1. The maximum absolute atomic E-state index is 12.3. The van der Waals surface area contributed by atoms with Gasteiger partial charge in [0.15, 0.2) is 0 Å². The van der Waals surface area contributed by atoms with E-state index in [4.69, 9.17) is 16.0 Å². The lowest BCUT2D eigenvalue weighted by Gasteiger charge is -2.15. The molecule has 3 aromatic rings. The highest BCUT2D eigenvalue weighted by molar-refractivity contribution is 6.31. The Bertz CT molecular complexity index is 894. The predicted molar refractivity (Wildman–Crippen MR) is 94.7 cm³/mol. The largest absolute Gasteiger partial charge is 0.425 e. The summed E-state index contributed by atoms with van der Waals surface area (Å²) in [6.07, 6.45) is 0.859. The molecule has 0 saturated carbocycles. The van der Waals surface area contributed by atoms with E-state index in [1.54, 1.807) is 4.90 Å². The number of carbonyl (C=O) groups excluding carboxylic acids is 1. The van der Waals surface area contributed by atoms with Gasteiger partial charge in [0, 0.05) is 23.7 Å². The monoisotopic (exact) mass is 353 g/mol. The zero-order valence-electron chi connectivity index (χ0n) is 13.4. The van der Waals surface area contributed by atoms with Crippen LogP contribution in [0.1, 0.15) is 29.7 Å². The van der Waals surface area contributed by atoms with Gasteiger partial charge in [-0.15, -0.1) is 10.2 Å². The van der Waals surface area contributed by atoms with Gasteiger partial charge < -0.3 is 9.32 Å². The molecule has 0 radical (unpaired) electrons. The van der Waals surface area contributed by atoms with Crippen LogP contribution in [0.5, 0.6) is 0 Å². The Morgan fingerprint density at radius 3 is 2.64 bits per heavy atom. The minimum absolute atomic E-state index is 0.0713. The number of anilines is 1. The van der Waals surface area contributed by atoms with Crippen molar-refractivity contribution < 1.29 is 9.21 Å². The Morgan fingerprint density at radius 1 is 1.08 bits per heavy atom. The van der Waals surface area contributed by atoms with Gasteiger partial charge in [0.2, 0.25) is 17.7 Å². The number of nitrogens with zero attached hydrogens (tertiary/aromatic N) is 3. The third-order valence-corrected chi connectivity index (χ3v) is 4.69. The van der Waals surface area contributed by atoms with E-state index in [1.807, 2.05) is 54.6 Å². The van der Waals surface area contributed by atoms with Crippen molar-refractivity contribution in [2.24, 2.45) is 0 Å². The zero-order valence-corrected chi connectivity index (χ0v) is 14.2. The fourth-order valence-corrected chi connectivity index (χ4v) is 3.24. The fraction of sp³-hybridized carbons (Fsp3) is 0.211. The summed E-state index contributed by atoms with van der Waals surface area (Å²) in [6.45, 7) is 0.552. The molecule has 1 aromatic heterocycles. The van der Waals surface area contributed by atoms with Gasteiger partial charge in [0.25, 0.3) is 0 Å². The van der Waals surface area contributed by atoms with Gasteiger partial charge in [-0.3, -0.25) is 4.79 Å². The number of hydrogen-bond acceptors (Lipinski definition) is 4. The number of aromatic nitrogens is 2. The maximum Gasteiger partial charge on any atom is 0.227 e. The minimum atomic E-state index is -0.0831. The Hall–Kier alpha value is -2.66. The van der Waals surface area contributed by atoms with Crippen LogP contribution in [0.25, 0.3) is 0 Å². The molecule has 25 heavy (non-hydrogen) atoms. The zero-order chi connectivity index (χ0) is 17.2. The molecular formula is C19H16ClN3O2. The van der Waals surface area contributed by atoms with Crippen molar-refractivity contribution in [1.82, 2.24) is 10.2 Å². The number of para-hydroxylation sites is 1. The number of amides is 1. The Labute approximate surface area is 150 Å². The second-order valence-electron chi connectivity index (χ2n) is 6.04. The highest BCUT2D eigenvalue weighted by Gasteiger charge is 2.34. The van der Waals surface area contributed by atoms with Crippen molar-refractivity contribution in [2.75, 3.05) is 11.4 Å². The van der Waals surface area contributed by atoms with Crippen LogP contribution in [0, 0.1) is 0 Å². The van der Waals surface area contributed by atoms with E-state index in [0.29, 0.717) is 36.2 Å². The van der Waals surface area contributed by atoms with Gasteiger partial charge in [-0.2, -0.15) is 0 Å². The first-order valence-corrected chi connectivity index (χ1v) is 8.49. The van der Waals surface area contributed by atoms with Gasteiger partial charge in [-0.05, 0) is 23.8 Å². The number of halogens is 1. The molecule has 1 amide bonds. The summed E-state index contributed by atoms with van der Waals surface area (Å²) in [5.74, 6) is 1.00. The fourth-order valence-electron chi connectivity index (χ4n) is 3.04. The quantitative estimate of drug-likeness (QED) is 0.715. The van der Waals surface area contributed by atoms with Gasteiger partial charge in [0.05, 0.1) is 12.3 Å². The van der Waals surface area contributed by atoms with Gasteiger partial charge >= 0.3 is 0 Å². The average Bonchev–Trinajstić information content (AvgIpc) is 3.24. The van der Waals surface area contributed by atoms with Crippen molar-refractivity contribution >= 4 is 23.2 Å². The summed E-state index contributed by atoms with van der Waals surface area (Å²) >= 11 is 6.17. The molecular weight excluding hydrogens is 338 g/mol. The lowest BCUT2D eigenvalue weighted by molar-refractivity contribution is -0.117. The van der Waals surface area contributed by atoms with E-state index >= 15 is 0 Å². The molecule has 1 fully saturated rings. The number of hydrogen-bond donors (Lipinski definition) is 0. The first kappa shape index (κ1) is 15.8. The molecule has 5 nitrogen and oxygen atoms in total. The molecule has 126 valence electrons. The van der Waals surface area contributed by atoms with Crippen LogP contribution in [0.2, 0.25) is 5.02 Å². The molecule has 0 bridgehead atoms. The molecule has 1 aliphatic rings. The average molecular weight is 354 g/mol. The van der Waals surface area contributed by atoms with Crippen LogP contribution in [0.4, 0.5) is 5.69 Å². The third-order valence-electron chi connectivity index (χ3n) is 4.32. The highest BCUT2D eigenvalue weighted by Crippen LogP contribution is 2.31. The second kappa shape index (κ2) is 6.69. The van der Waals surface area contributed by atoms with Crippen LogP contribution in [-0.2, 0) is 11.2 Å². The topological polar surface area (TPSA) is 59.2 Å². The van der Waals surface area contributed by atoms with Crippen molar-refractivity contribution in [3.63, 3.8) is 0 Å². The van der Waals surface area contributed by atoms with E-state index in [-0.39, 0.29) is 11.8 Å². The lowest BCUT2D eigenvalue weighted by Crippen LogP contribution is -2.24. The minimum Gasteiger partial charge on any atom is -0.425 e. The predicted octanol–water partition coefficient (Wildman–Crippen LogP) is 3.83. The summed E-state index contributed by atoms with van der Waals surface area (Å²) in [5, 5.41) is 8.94. The number of rotatable bonds is 4. The van der Waals surface area contributed by atoms with Gasteiger partial charge in [0.1, 0.15) is 0 Å². The first-order chi connectivity index (χ1) is 12.2. The first-order valence-electron chi connectivity index (χ1n) is 8.12. The van der Waals surface area contributed by atoms with E-state index in [1.165, 1.54) is 0 Å². The third kappa shape index (κ3) is 3.28. The Balaban J connectivity index is 1.49. The molecule has 2 heterocycles. The van der Waals surface area contributed by atoms with Crippen molar-refractivity contribution in [3.8, 4) is 0 Å². The second-order valence-corrected chi connectivity index (χ2v) is 6.45. The molecule has 1 unspecified atom stereocenters. The van der Waals surface area contributed by atoms with Crippen molar-refractivity contribution in [1.29, 1.82) is 0 Å². The summed E-state index contributed by atoms with van der Waals surface area (Å²) in [5.41, 5.74) is 1.83. The summed E-state index contributed by atoms with van der Waals surface area (Å²) < 4.78 is 5.80. The van der Waals surface area contributed by atoms with E-state index in [2.05, 4.69) is 10.2 Å². The molecule has 1 atom stereocenters. The molecule has 2 aromatic carbocycles. The Kier molecular flexibility index (Phi) is 4.24. The summed E-state index contributed by atoms with van der Waals surface area (Å²) in [6, 6.07) is 17.2. The molecule has 6 heteroatoms. The van der Waals surface area contributed by atoms with Crippen molar-refractivity contribution in [3.05, 3.63) is 77.0 Å². The van der Waals surface area contributed by atoms with Gasteiger partial charge in [-0.25, -0.2) is 0 Å². The number of benzene rings is 2. The molecule has 4 rings (SSSR count).